The SMILES string of the molecule is CC(C)N(C)C(=O)CNC1Cc2ccccc2C1. The fourth-order valence-electron chi connectivity index (χ4n) is 2.35. The molecule has 0 aromatic heterocycles. The first-order valence-corrected chi connectivity index (χ1v) is 6.63. The van der Waals surface area contributed by atoms with Gasteiger partial charge in [0, 0.05) is 19.1 Å². The third-order valence-electron chi connectivity index (χ3n) is 3.76. The molecule has 1 aliphatic carbocycles. The maximum atomic E-state index is 11.9. The largest absolute Gasteiger partial charge is 0.342 e. The van der Waals surface area contributed by atoms with Gasteiger partial charge in [0.1, 0.15) is 0 Å². The normalized spacial score (nSPS) is 14.9. The zero-order valence-corrected chi connectivity index (χ0v) is 11.4. The molecule has 0 heterocycles. The average molecular weight is 246 g/mol. The third kappa shape index (κ3) is 2.91. The summed E-state index contributed by atoms with van der Waals surface area (Å²) in [6.07, 6.45) is 2.07. The lowest BCUT2D eigenvalue weighted by molar-refractivity contribution is -0.130. The molecule has 98 valence electrons. The molecule has 0 aliphatic heterocycles. The van der Waals surface area contributed by atoms with Crippen molar-refractivity contribution in [1.82, 2.24) is 10.2 Å². The average Bonchev–Trinajstić information content (AvgIpc) is 2.77. The predicted octanol–water partition coefficient (Wildman–Crippen LogP) is 1.61. The number of fused-ring (bicyclic) bond motifs is 1. The Morgan fingerprint density at radius 3 is 2.39 bits per heavy atom. The van der Waals surface area contributed by atoms with Crippen molar-refractivity contribution in [3.05, 3.63) is 35.4 Å². The van der Waals surface area contributed by atoms with Gasteiger partial charge in [-0.15, -0.1) is 0 Å². The Labute approximate surface area is 109 Å². The first-order valence-electron chi connectivity index (χ1n) is 6.63. The molecule has 1 aromatic rings. The molecular weight excluding hydrogens is 224 g/mol. The minimum atomic E-state index is 0.168. The van der Waals surface area contributed by atoms with Gasteiger partial charge in [-0.3, -0.25) is 4.79 Å². The summed E-state index contributed by atoms with van der Waals surface area (Å²) in [5.74, 6) is 0.168. The van der Waals surface area contributed by atoms with Crippen LogP contribution < -0.4 is 5.32 Å². The molecule has 0 radical (unpaired) electrons. The van der Waals surface area contributed by atoms with Gasteiger partial charge in [-0.05, 0) is 37.8 Å². The molecule has 0 unspecified atom stereocenters. The first-order chi connectivity index (χ1) is 8.58. The van der Waals surface area contributed by atoms with Crippen LogP contribution in [0.15, 0.2) is 24.3 Å². The van der Waals surface area contributed by atoms with E-state index in [9.17, 15) is 4.79 Å². The highest BCUT2D eigenvalue weighted by Gasteiger charge is 2.21. The highest BCUT2D eigenvalue weighted by atomic mass is 16.2. The summed E-state index contributed by atoms with van der Waals surface area (Å²) in [4.78, 5) is 13.7. The Morgan fingerprint density at radius 1 is 1.33 bits per heavy atom. The monoisotopic (exact) mass is 246 g/mol. The van der Waals surface area contributed by atoms with Crippen LogP contribution in [0.4, 0.5) is 0 Å². The highest BCUT2D eigenvalue weighted by molar-refractivity contribution is 5.78. The van der Waals surface area contributed by atoms with Crippen LogP contribution in [0.3, 0.4) is 0 Å². The van der Waals surface area contributed by atoms with Crippen molar-refractivity contribution >= 4 is 5.91 Å². The van der Waals surface area contributed by atoms with Gasteiger partial charge in [-0.1, -0.05) is 24.3 Å². The van der Waals surface area contributed by atoms with Gasteiger partial charge in [0.15, 0.2) is 0 Å². The number of hydrogen-bond donors (Lipinski definition) is 1. The summed E-state index contributed by atoms with van der Waals surface area (Å²) in [6.45, 7) is 4.50. The van der Waals surface area contributed by atoms with Crippen LogP contribution in [0.25, 0.3) is 0 Å². The lowest BCUT2D eigenvalue weighted by Crippen LogP contribution is -2.42. The van der Waals surface area contributed by atoms with Crippen LogP contribution in [0, 0.1) is 0 Å². The summed E-state index contributed by atoms with van der Waals surface area (Å²) in [7, 11) is 1.86. The predicted molar refractivity (Wildman–Crippen MR) is 73.5 cm³/mol. The van der Waals surface area contributed by atoms with Gasteiger partial charge < -0.3 is 10.2 Å². The number of rotatable bonds is 4. The van der Waals surface area contributed by atoms with Crippen LogP contribution in [-0.2, 0) is 17.6 Å². The molecule has 1 aromatic carbocycles. The molecule has 3 nitrogen and oxygen atoms in total. The minimum Gasteiger partial charge on any atom is -0.342 e. The molecule has 0 spiro atoms. The maximum absolute atomic E-state index is 11.9. The number of nitrogens with zero attached hydrogens (tertiary/aromatic N) is 1. The smallest absolute Gasteiger partial charge is 0.236 e. The summed E-state index contributed by atoms with van der Waals surface area (Å²) in [6, 6.07) is 9.20. The number of likely N-dealkylation sites (N-methyl/N-ethyl adjacent to an activating group) is 1. The van der Waals surface area contributed by atoms with Crippen LogP contribution >= 0.6 is 0 Å². The van der Waals surface area contributed by atoms with E-state index in [0.29, 0.717) is 12.6 Å². The van der Waals surface area contributed by atoms with Crippen LogP contribution in [0.1, 0.15) is 25.0 Å². The Bertz CT molecular complexity index is 403. The first kappa shape index (κ1) is 13.1. The fraction of sp³-hybridized carbons (Fsp3) is 0.533. The van der Waals surface area contributed by atoms with Gasteiger partial charge in [0.05, 0.1) is 6.54 Å². The molecule has 1 N–H and O–H groups in total. The molecule has 0 saturated heterocycles. The van der Waals surface area contributed by atoms with E-state index in [1.54, 1.807) is 4.90 Å². The molecule has 0 fully saturated rings. The van der Waals surface area contributed by atoms with E-state index >= 15 is 0 Å². The van der Waals surface area contributed by atoms with Crippen molar-refractivity contribution in [2.24, 2.45) is 0 Å². The van der Waals surface area contributed by atoms with Crippen LogP contribution in [-0.4, -0.2) is 36.5 Å². The number of amides is 1. The minimum absolute atomic E-state index is 0.168. The second-order valence-corrected chi connectivity index (χ2v) is 5.35. The Morgan fingerprint density at radius 2 is 1.89 bits per heavy atom. The van der Waals surface area contributed by atoms with Gasteiger partial charge in [0.25, 0.3) is 0 Å². The van der Waals surface area contributed by atoms with E-state index in [-0.39, 0.29) is 11.9 Å². The van der Waals surface area contributed by atoms with Gasteiger partial charge >= 0.3 is 0 Å². The second-order valence-electron chi connectivity index (χ2n) is 5.35. The number of nitrogens with one attached hydrogen (secondary N) is 1. The molecule has 1 amide bonds. The fourth-order valence-corrected chi connectivity index (χ4v) is 2.35. The van der Waals surface area contributed by atoms with E-state index in [1.165, 1.54) is 11.1 Å². The molecule has 1 aliphatic rings. The van der Waals surface area contributed by atoms with E-state index < -0.39 is 0 Å². The van der Waals surface area contributed by atoms with Gasteiger partial charge in [-0.25, -0.2) is 0 Å². The van der Waals surface area contributed by atoms with Crippen molar-refractivity contribution in [2.75, 3.05) is 13.6 Å². The standard InChI is InChI=1S/C15H22N2O/c1-11(2)17(3)15(18)10-16-14-8-12-6-4-5-7-13(12)9-14/h4-7,11,14,16H,8-10H2,1-3H3. The number of carbonyl (C=O) groups excluding carboxylic acids is 1. The highest BCUT2D eigenvalue weighted by Crippen LogP contribution is 2.21. The lowest BCUT2D eigenvalue weighted by atomic mass is 10.1. The molecule has 0 atom stereocenters. The summed E-state index contributed by atoms with van der Waals surface area (Å²) in [5.41, 5.74) is 2.83. The summed E-state index contributed by atoms with van der Waals surface area (Å²) < 4.78 is 0. The van der Waals surface area contributed by atoms with E-state index in [2.05, 4.69) is 29.6 Å². The Hall–Kier alpha value is -1.35. The van der Waals surface area contributed by atoms with Crippen molar-refractivity contribution in [3.63, 3.8) is 0 Å². The Kier molecular flexibility index (Phi) is 4.02. The molecular formula is C15H22N2O. The van der Waals surface area contributed by atoms with E-state index in [0.717, 1.165) is 12.8 Å². The lowest BCUT2D eigenvalue weighted by Gasteiger charge is -2.22. The molecule has 3 heteroatoms. The molecule has 2 rings (SSSR count). The maximum Gasteiger partial charge on any atom is 0.236 e. The van der Waals surface area contributed by atoms with E-state index in [4.69, 9.17) is 0 Å². The van der Waals surface area contributed by atoms with Crippen LogP contribution in [0.5, 0.6) is 0 Å². The Balaban J connectivity index is 1.82. The van der Waals surface area contributed by atoms with Crippen LogP contribution in [0.2, 0.25) is 0 Å². The zero-order valence-electron chi connectivity index (χ0n) is 11.4. The van der Waals surface area contributed by atoms with Gasteiger partial charge in [0.2, 0.25) is 5.91 Å². The second kappa shape index (κ2) is 5.53. The summed E-state index contributed by atoms with van der Waals surface area (Å²) >= 11 is 0. The third-order valence-corrected chi connectivity index (χ3v) is 3.76. The van der Waals surface area contributed by atoms with Crippen molar-refractivity contribution in [3.8, 4) is 0 Å². The number of carbonyl (C=O) groups is 1. The summed E-state index contributed by atoms with van der Waals surface area (Å²) in [5, 5.41) is 3.37. The zero-order chi connectivity index (χ0) is 13.1. The topological polar surface area (TPSA) is 32.3 Å². The molecule has 0 saturated carbocycles. The van der Waals surface area contributed by atoms with Crippen molar-refractivity contribution in [2.45, 2.75) is 38.8 Å². The van der Waals surface area contributed by atoms with Gasteiger partial charge in [-0.2, -0.15) is 0 Å². The van der Waals surface area contributed by atoms with Crippen molar-refractivity contribution < 1.29 is 4.79 Å². The van der Waals surface area contributed by atoms with Crippen molar-refractivity contribution in [1.29, 1.82) is 0 Å². The number of hydrogen-bond acceptors (Lipinski definition) is 2. The molecule has 18 heavy (non-hydrogen) atoms. The number of benzene rings is 1. The molecule has 0 bridgehead atoms. The quantitative estimate of drug-likeness (QED) is 0.875. The van der Waals surface area contributed by atoms with E-state index in [1.807, 2.05) is 20.9 Å².